The number of carbonyl (C=O) groups excluding carboxylic acids is 1. The molecule has 7 nitrogen and oxygen atoms in total. The zero-order valence-corrected chi connectivity index (χ0v) is 19.9. The lowest BCUT2D eigenvalue weighted by Crippen LogP contribution is -2.39. The van der Waals surface area contributed by atoms with Crippen LogP contribution in [0.2, 0.25) is 0 Å². The first-order valence-electron chi connectivity index (χ1n) is 10.5. The van der Waals surface area contributed by atoms with E-state index in [2.05, 4.69) is 4.90 Å². The molecule has 2 aromatic heterocycles. The maximum absolute atomic E-state index is 13.3. The Morgan fingerprint density at radius 3 is 2.69 bits per heavy atom. The molecule has 1 aliphatic heterocycles. The number of nitrogens with zero attached hydrogens (tertiary/aromatic N) is 3. The molecule has 4 rings (SSSR count). The fourth-order valence-electron chi connectivity index (χ4n) is 3.61. The molecule has 1 aromatic carbocycles. The first-order chi connectivity index (χ1) is 15.7. The minimum Gasteiger partial charge on any atom is -0.493 e. The zero-order valence-electron chi connectivity index (χ0n) is 18.3. The van der Waals surface area contributed by atoms with Gasteiger partial charge in [-0.15, -0.1) is 22.7 Å². The highest BCUT2D eigenvalue weighted by Gasteiger charge is 2.22. The third kappa shape index (κ3) is 5.29. The van der Waals surface area contributed by atoms with E-state index in [1.807, 2.05) is 41.1 Å². The molecule has 3 heterocycles. The van der Waals surface area contributed by atoms with Gasteiger partial charge in [-0.3, -0.25) is 14.6 Å². The molecule has 32 heavy (non-hydrogen) atoms. The Morgan fingerprint density at radius 1 is 1.16 bits per heavy atom. The highest BCUT2D eigenvalue weighted by Crippen LogP contribution is 2.34. The number of morpholine rings is 1. The van der Waals surface area contributed by atoms with Gasteiger partial charge in [0, 0.05) is 37.1 Å². The Balaban J connectivity index is 1.53. The van der Waals surface area contributed by atoms with Gasteiger partial charge in [-0.05, 0) is 36.1 Å². The van der Waals surface area contributed by atoms with Crippen LogP contribution >= 0.6 is 22.7 Å². The zero-order chi connectivity index (χ0) is 22.3. The van der Waals surface area contributed by atoms with Crippen molar-refractivity contribution in [1.29, 1.82) is 0 Å². The van der Waals surface area contributed by atoms with Crippen LogP contribution in [0.25, 0.3) is 11.3 Å². The van der Waals surface area contributed by atoms with E-state index in [9.17, 15) is 4.79 Å². The minimum absolute atomic E-state index is 0.00445. The lowest BCUT2D eigenvalue weighted by atomic mass is 10.1. The van der Waals surface area contributed by atoms with Gasteiger partial charge in [0.2, 0.25) is 0 Å². The van der Waals surface area contributed by atoms with Gasteiger partial charge in [0.1, 0.15) is 0 Å². The second kappa shape index (κ2) is 10.9. The molecule has 3 aromatic rings. The molecule has 0 bridgehead atoms. The average molecular weight is 474 g/mol. The fraction of sp³-hybridized carbons (Fsp3) is 0.391. The highest BCUT2D eigenvalue weighted by molar-refractivity contribution is 7.14. The Labute approximate surface area is 196 Å². The van der Waals surface area contributed by atoms with Gasteiger partial charge in [0.25, 0.3) is 5.91 Å². The summed E-state index contributed by atoms with van der Waals surface area (Å²) in [7, 11) is 3.23. The van der Waals surface area contributed by atoms with Crippen molar-refractivity contribution in [2.45, 2.75) is 6.42 Å². The van der Waals surface area contributed by atoms with Crippen LogP contribution in [0.3, 0.4) is 0 Å². The summed E-state index contributed by atoms with van der Waals surface area (Å²) in [5.74, 6) is 1.32. The monoisotopic (exact) mass is 473 g/mol. The molecule has 1 fully saturated rings. The fourth-order valence-corrected chi connectivity index (χ4v) is 5.14. The number of anilines is 1. The first kappa shape index (κ1) is 22.7. The summed E-state index contributed by atoms with van der Waals surface area (Å²) >= 11 is 2.94. The summed E-state index contributed by atoms with van der Waals surface area (Å²) < 4.78 is 16.2. The number of hydrogen-bond donors (Lipinski definition) is 0. The number of hydrogen-bond acceptors (Lipinski definition) is 8. The average Bonchev–Trinajstić information content (AvgIpc) is 3.54. The van der Waals surface area contributed by atoms with Gasteiger partial charge in [-0.1, -0.05) is 6.07 Å². The molecule has 0 aliphatic carbocycles. The summed E-state index contributed by atoms with van der Waals surface area (Å²) in [6.07, 6.45) is 0.877. The molecule has 0 spiro atoms. The number of carbonyl (C=O) groups is 1. The van der Waals surface area contributed by atoms with Crippen molar-refractivity contribution in [3.8, 4) is 22.8 Å². The standard InChI is InChI=1S/C23H27N3O4S2/c1-28-19-7-6-17(15-20(19)29-2)18-16-32-23(24-18)26(22(27)21-5-3-14-31-21)9-4-8-25-10-12-30-13-11-25/h3,5-7,14-16H,4,8-13H2,1-2H3. The highest BCUT2D eigenvalue weighted by atomic mass is 32.1. The van der Waals surface area contributed by atoms with Crippen molar-refractivity contribution in [1.82, 2.24) is 9.88 Å². The van der Waals surface area contributed by atoms with Gasteiger partial charge < -0.3 is 14.2 Å². The molecule has 1 saturated heterocycles. The van der Waals surface area contributed by atoms with Crippen molar-refractivity contribution in [2.75, 3.05) is 58.5 Å². The molecule has 0 atom stereocenters. The van der Waals surface area contributed by atoms with E-state index in [0.29, 0.717) is 23.2 Å². The van der Waals surface area contributed by atoms with Crippen molar-refractivity contribution in [3.05, 3.63) is 46.0 Å². The maximum Gasteiger partial charge on any atom is 0.270 e. The minimum atomic E-state index is -0.00445. The molecular formula is C23H27N3O4S2. The van der Waals surface area contributed by atoms with Crippen molar-refractivity contribution < 1.29 is 19.0 Å². The molecule has 9 heteroatoms. The number of aromatic nitrogens is 1. The summed E-state index contributed by atoms with van der Waals surface area (Å²) in [5, 5.41) is 4.61. The van der Waals surface area contributed by atoms with E-state index in [0.717, 1.165) is 55.4 Å². The van der Waals surface area contributed by atoms with Crippen LogP contribution in [0.5, 0.6) is 11.5 Å². The van der Waals surface area contributed by atoms with Gasteiger partial charge in [0.05, 0.1) is 38.0 Å². The normalized spacial score (nSPS) is 14.3. The van der Waals surface area contributed by atoms with E-state index in [1.165, 1.54) is 22.7 Å². The summed E-state index contributed by atoms with van der Waals surface area (Å²) in [6, 6.07) is 9.49. The van der Waals surface area contributed by atoms with E-state index in [-0.39, 0.29) is 5.91 Å². The predicted molar refractivity (Wildman–Crippen MR) is 129 cm³/mol. The quantitative estimate of drug-likeness (QED) is 0.463. The molecular weight excluding hydrogens is 446 g/mol. The molecule has 1 amide bonds. The number of thiophene rings is 1. The van der Waals surface area contributed by atoms with Crippen LogP contribution < -0.4 is 14.4 Å². The van der Waals surface area contributed by atoms with E-state index in [4.69, 9.17) is 19.2 Å². The topological polar surface area (TPSA) is 64.1 Å². The van der Waals surface area contributed by atoms with Crippen LogP contribution in [-0.2, 0) is 4.74 Å². The summed E-state index contributed by atoms with van der Waals surface area (Å²) in [6.45, 7) is 5.00. The van der Waals surface area contributed by atoms with Crippen LogP contribution in [-0.4, -0.2) is 69.4 Å². The molecule has 0 N–H and O–H groups in total. The van der Waals surface area contributed by atoms with Crippen LogP contribution in [0, 0.1) is 0 Å². The smallest absolute Gasteiger partial charge is 0.270 e. The number of thiazole rings is 1. The second-order valence-electron chi connectivity index (χ2n) is 7.33. The lowest BCUT2D eigenvalue weighted by Gasteiger charge is -2.27. The SMILES string of the molecule is COc1ccc(-c2csc(N(CCCN3CCOCC3)C(=O)c3cccs3)n2)cc1OC. The van der Waals surface area contributed by atoms with Gasteiger partial charge >= 0.3 is 0 Å². The molecule has 170 valence electrons. The van der Waals surface area contributed by atoms with Crippen LogP contribution in [0.4, 0.5) is 5.13 Å². The molecule has 0 saturated carbocycles. The van der Waals surface area contributed by atoms with E-state index in [1.54, 1.807) is 19.1 Å². The maximum atomic E-state index is 13.3. The largest absolute Gasteiger partial charge is 0.493 e. The van der Waals surface area contributed by atoms with Crippen molar-refractivity contribution in [2.24, 2.45) is 0 Å². The Morgan fingerprint density at radius 2 is 1.97 bits per heavy atom. The van der Waals surface area contributed by atoms with Crippen LogP contribution in [0.15, 0.2) is 41.1 Å². The molecule has 0 unspecified atom stereocenters. The lowest BCUT2D eigenvalue weighted by molar-refractivity contribution is 0.0376. The molecule has 1 aliphatic rings. The number of methoxy groups -OCH3 is 2. The second-order valence-corrected chi connectivity index (χ2v) is 9.11. The number of amides is 1. The van der Waals surface area contributed by atoms with Gasteiger partial charge in [-0.2, -0.15) is 0 Å². The van der Waals surface area contributed by atoms with E-state index < -0.39 is 0 Å². The number of rotatable bonds is 9. The van der Waals surface area contributed by atoms with E-state index >= 15 is 0 Å². The van der Waals surface area contributed by atoms with Gasteiger partial charge in [-0.25, -0.2) is 4.98 Å². The summed E-state index contributed by atoms with van der Waals surface area (Å²) in [5.41, 5.74) is 1.73. The number of ether oxygens (including phenoxy) is 3. The summed E-state index contributed by atoms with van der Waals surface area (Å²) in [4.78, 5) is 23.0. The van der Waals surface area contributed by atoms with Crippen LogP contribution in [0.1, 0.15) is 16.1 Å². The van der Waals surface area contributed by atoms with Crippen molar-refractivity contribution >= 4 is 33.7 Å². The third-order valence-electron chi connectivity index (χ3n) is 5.34. The predicted octanol–water partition coefficient (Wildman–Crippen LogP) is 4.26. The Bertz CT molecular complexity index is 1020. The van der Waals surface area contributed by atoms with Gasteiger partial charge in [0.15, 0.2) is 16.6 Å². The molecule has 0 radical (unpaired) electrons. The van der Waals surface area contributed by atoms with Crippen molar-refractivity contribution in [3.63, 3.8) is 0 Å². The Hall–Kier alpha value is -2.46. The number of benzene rings is 1. The first-order valence-corrected chi connectivity index (χ1v) is 12.3. The Kier molecular flexibility index (Phi) is 7.75. The third-order valence-corrected chi connectivity index (χ3v) is 7.06.